The SMILES string of the molecule is CC(=O)Nc1ccc(O[C@H]2CCN(c3ccccc3)C2=O)cc1. The van der Waals surface area contributed by atoms with E-state index in [9.17, 15) is 9.59 Å². The lowest BCUT2D eigenvalue weighted by Crippen LogP contribution is -2.32. The average molecular weight is 310 g/mol. The van der Waals surface area contributed by atoms with Gasteiger partial charge in [-0.05, 0) is 36.4 Å². The minimum absolute atomic E-state index is 0.0258. The lowest BCUT2D eigenvalue weighted by Gasteiger charge is -2.17. The summed E-state index contributed by atoms with van der Waals surface area (Å²) in [7, 11) is 0. The van der Waals surface area contributed by atoms with E-state index in [0.29, 0.717) is 24.4 Å². The molecule has 0 bridgehead atoms. The van der Waals surface area contributed by atoms with E-state index in [1.165, 1.54) is 6.92 Å². The van der Waals surface area contributed by atoms with Gasteiger partial charge in [0.05, 0.1) is 0 Å². The Kier molecular flexibility index (Phi) is 4.28. The first-order valence-corrected chi connectivity index (χ1v) is 7.54. The smallest absolute Gasteiger partial charge is 0.268 e. The summed E-state index contributed by atoms with van der Waals surface area (Å²) >= 11 is 0. The lowest BCUT2D eigenvalue weighted by atomic mass is 10.2. The summed E-state index contributed by atoms with van der Waals surface area (Å²) in [5.74, 6) is 0.470. The second-order valence-electron chi connectivity index (χ2n) is 5.43. The van der Waals surface area contributed by atoms with E-state index in [1.807, 2.05) is 30.3 Å². The van der Waals surface area contributed by atoms with Crippen LogP contribution in [0.4, 0.5) is 11.4 Å². The van der Waals surface area contributed by atoms with Crippen molar-refractivity contribution in [3.8, 4) is 5.75 Å². The molecule has 0 unspecified atom stereocenters. The molecule has 0 aliphatic carbocycles. The molecule has 1 fully saturated rings. The molecule has 1 aliphatic rings. The molecular formula is C18H18N2O3. The fourth-order valence-corrected chi connectivity index (χ4v) is 2.61. The number of nitrogens with one attached hydrogen (secondary N) is 1. The number of hydrogen-bond acceptors (Lipinski definition) is 3. The molecule has 118 valence electrons. The fourth-order valence-electron chi connectivity index (χ4n) is 2.61. The van der Waals surface area contributed by atoms with Crippen LogP contribution in [0.3, 0.4) is 0 Å². The Balaban J connectivity index is 1.65. The van der Waals surface area contributed by atoms with Crippen LogP contribution < -0.4 is 15.0 Å². The molecule has 1 saturated heterocycles. The molecule has 0 spiro atoms. The first-order valence-electron chi connectivity index (χ1n) is 7.54. The molecule has 1 aliphatic heterocycles. The monoisotopic (exact) mass is 310 g/mol. The molecule has 2 amide bonds. The molecule has 5 heteroatoms. The van der Waals surface area contributed by atoms with Crippen molar-refractivity contribution in [3.05, 3.63) is 54.6 Å². The molecule has 1 heterocycles. The number of ether oxygens (including phenoxy) is 1. The van der Waals surface area contributed by atoms with Crippen molar-refractivity contribution >= 4 is 23.2 Å². The standard InChI is InChI=1S/C18H18N2O3/c1-13(21)19-14-7-9-16(10-8-14)23-17-11-12-20(18(17)22)15-5-3-2-4-6-15/h2-10,17H,11-12H2,1H3,(H,19,21)/t17-/m0/s1. The number of nitrogens with zero attached hydrogens (tertiary/aromatic N) is 1. The molecule has 0 saturated carbocycles. The van der Waals surface area contributed by atoms with Crippen molar-refractivity contribution < 1.29 is 14.3 Å². The highest BCUT2D eigenvalue weighted by Crippen LogP contribution is 2.25. The van der Waals surface area contributed by atoms with Crippen molar-refractivity contribution in [1.29, 1.82) is 0 Å². The van der Waals surface area contributed by atoms with Gasteiger partial charge in [-0.25, -0.2) is 0 Å². The number of rotatable bonds is 4. The number of carbonyl (C=O) groups excluding carboxylic acids is 2. The third-order valence-corrected chi connectivity index (χ3v) is 3.68. The van der Waals surface area contributed by atoms with E-state index >= 15 is 0 Å². The van der Waals surface area contributed by atoms with Crippen LogP contribution >= 0.6 is 0 Å². The lowest BCUT2D eigenvalue weighted by molar-refractivity contribution is -0.122. The maximum absolute atomic E-state index is 12.5. The number of para-hydroxylation sites is 1. The normalized spacial score (nSPS) is 17.2. The summed E-state index contributed by atoms with van der Waals surface area (Å²) in [4.78, 5) is 25.2. The Hall–Kier alpha value is -2.82. The molecule has 2 aromatic carbocycles. The van der Waals surface area contributed by atoms with Crippen LogP contribution in [0, 0.1) is 0 Å². The van der Waals surface area contributed by atoms with Gasteiger partial charge in [-0.2, -0.15) is 0 Å². The minimum atomic E-state index is -0.471. The van der Waals surface area contributed by atoms with Crippen LogP contribution in [0.2, 0.25) is 0 Å². The molecule has 1 N–H and O–H groups in total. The zero-order valence-corrected chi connectivity index (χ0v) is 12.9. The predicted molar refractivity (Wildman–Crippen MR) is 88.6 cm³/mol. The van der Waals surface area contributed by atoms with Crippen molar-refractivity contribution in [3.63, 3.8) is 0 Å². The van der Waals surface area contributed by atoms with Crippen molar-refractivity contribution in [2.75, 3.05) is 16.8 Å². The number of anilines is 2. The number of hydrogen-bond donors (Lipinski definition) is 1. The van der Waals surface area contributed by atoms with E-state index in [4.69, 9.17) is 4.74 Å². The average Bonchev–Trinajstić information content (AvgIpc) is 2.91. The van der Waals surface area contributed by atoms with Crippen LogP contribution in [0.25, 0.3) is 0 Å². The minimum Gasteiger partial charge on any atom is -0.481 e. The zero-order valence-electron chi connectivity index (χ0n) is 12.9. The summed E-state index contributed by atoms with van der Waals surface area (Å²) in [6.45, 7) is 2.11. The molecule has 0 aromatic heterocycles. The summed E-state index contributed by atoms with van der Waals surface area (Å²) in [6.07, 6.45) is 0.183. The third kappa shape index (κ3) is 3.51. The Morgan fingerprint density at radius 3 is 2.48 bits per heavy atom. The van der Waals surface area contributed by atoms with Gasteiger partial charge in [-0.15, -0.1) is 0 Å². The van der Waals surface area contributed by atoms with Crippen molar-refractivity contribution in [2.24, 2.45) is 0 Å². The molecule has 2 aromatic rings. The van der Waals surface area contributed by atoms with Gasteiger partial charge in [0.1, 0.15) is 5.75 Å². The van der Waals surface area contributed by atoms with Crippen LogP contribution in [-0.2, 0) is 9.59 Å². The molecule has 1 atom stereocenters. The van der Waals surface area contributed by atoms with E-state index in [2.05, 4.69) is 5.32 Å². The Labute approximate surface area is 134 Å². The largest absolute Gasteiger partial charge is 0.481 e. The number of amides is 2. The van der Waals surface area contributed by atoms with Gasteiger partial charge >= 0.3 is 0 Å². The Bertz CT molecular complexity index is 698. The summed E-state index contributed by atoms with van der Waals surface area (Å²) in [6, 6.07) is 16.6. The van der Waals surface area contributed by atoms with E-state index in [-0.39, 0.29) is 11.8 Å². The highest BCUT2D eigenvalue weighted by atomic mass is 16.5. The molecule has 3 rings (SSSR count). The summed E-state index contributed by atoms with van der Waals surface area (Å²) < 4.78 is 5.80. The van der Waals surface area contributed by atoms with Crippen molar-refractivity contribution in [1.82, 2.24) is 0 Å². The van der Waals surface area contributed by atoms with E-state index < -0.39 is 6.10 Å². The van der Waals surface area contributed by atoms with Crippen LogP contribution in [-0.4, -0.2) is 24.5 Å². The van der Waals surface area contributed by atoms with Crippen LogP contribution in [0.1, 0.15) is 13.3 Å². The van der Waals surface area contributed by atoms with Crippen LogP contribution in [0.15, 0.2) is 54.6 Å². The van der Waals surface area contributed by atoms with Gasteiger partial charge in [0.15, 0.2) is 6.10 Å². The van der Waals surface area contributed by atoms with E-state index in [0.717, 1.165) is 5.69 Å². The summed E-state index contributed by atoms with van der Waals surface area (Å²) in [5, 5.41) is 2.69. The molecule has 5 nitrogen and oxygen atoms in total. The van der Waals surface area contributed by atoms with Gasteiger partial charge in [-0.3, -0.25) is 9.59 Å². The molecule has 23 heavy (non-hydrogen) atoms. The highest BCUT2D eigenvalue weighted by molar-refractivity contribution is 5.99. The zero-order chi connectivity index (χ0) is 16.2. The maximum Gasteiger partial charge on any atom is 0.268 e. The van der Waals surface area contributed by atoms with Crippen LogP contribution in [0.5, 0.6) is 5.75 Å². The molecule has 0 radical (unpaired) electrons. The van der Waals surface area contributed by atoms with Crippen molar-refractivity contribution in [2.45, 2.75) is 19.4 Å². The van der Waals surface area contributed by atoms with Gasteiger partial charge in [-0.1, -0.05) is 18.2 Å². The van der Waals surface area contributed by atoms with Gasteiger partial charge in [0.2, 0.25) is 5.91 Å². The molecular weight excluding hydrogens is 292 g/mol. The Morgan fingerprint density at radius 1 is 1.13 bits per heavy atom. The fraction of sp³-hybridized carbons (Fsp3) is 0.222. The van der Waals surface area contributed by atoms with E-state index in [1.54, 1.807) is 29.2 Å². The summed E-state index contributed by atoms with van der Waals surface area (Å²) in [5.41, 5.74) is 1.60. The quantitative estimate of drug-likeness (QED) is 0.944. The number of benzene rings is 2. The maximum atomic E-state index is 12.5. The first kappa shape index (κ1) is 15.1. The second kappa shape index (κ2) is 6.52. The second-order valence-corrected chi connectivity index (χ2v) is 5.43. The predicted octanol–water partition coefficient (Wildman–Crippen LogP) is 2.83. The van der Waals surface area contributed by atoms with Gasteiger partial charge in [0, 0.05) is 31.3 Å². The van der Waals surface area contributed by atoms with Gasteiger partial charge in [0.25, 0.3) is 5.91 Å². The highest BCUT2D eigenvalue weighted by Gasteiger charge is 2.34. The van der Waals surface area contributed by atoms with Gasteiger partial charge < -0.3 is 15.0 Å². The first-order chi connectivity index (χ1) is 11.1. The third-order valence-electron chi connectivity index (χ3n) is 3.68. The Morgan fingerprint density at radius 2 is 1.83 bits per heavy atom. The number of carbonyl (C=O) groups is 2. The topological polar surface area (TPSA) is 58.6 Å².